The molecule has 0 atom stereocenters. The number of methoxy groups -OCH3 is 1. The number of H-pyrrole nitrogens is 1. The fraction of sp³-hybridized carbons (Fsp3) is 0.190. The minimum Gasteiger partial charge on any atom is -0.496 e. The lowest BCUT2D eigenvalue weighted by Gasteiger charge is -2.08. The number of aromatic amines is 1. The lowest BCUT2D eigenvalue weighted by molar-refractivity contribution is -0.116. The second-order valence-corrected chi connectivity index (χ2v) is 6.04. The molecular weight excluding hydrogens is 340 g/mol. The molecule has 27 heavy (non-hydrogen) atoms. The van der Waals surface area contributed by atoms with Crippen LogP contribution in [0.4, 0.5) is 0 Å². The fourth-order valence-corrected chi connectivity index (χ4v) is 2.72. The molecule has 3 aromatic rings. The number of amides is 1. The number of nitrogens with one attached hydrogen (secondary N) is 2. The van der Waals surface area contributed by atoms with Crippen LogP contribution >= 0.6 is 0 Å². The van der Waals surface area contributed by atoms with Gasteiger partial charge in [-0.2, -0.15) is 5.10 Å². The average Bonchev–Trinajstić information content (AvgIpc) is 3.17. The summed E-state index contributed by atoms with van der Waals surface area (Å²) in [5.74, 6) is 1.98. The Morgan fingerprint density at radius 1 is 1.15 bits per heavy atom. The molecule has 6 nitrogen and oxygen atoms in total. The molecular formula is C21H22N4O2. The number of benzene rings is 2. The predicted octanol–water partition coefficient (Wildman–Crippen LogP) is 3.24. The van der Waals surface area contributed by atoms with Crippen LogP contribution in [0.5, 0.6) is 5.75 Å². The van der Waals surface area contributed by atoms with Crippen molar-refractivity contribution in [3.05, 3.63) is 72.1 Å². The molecule has 0 spiro atoms. The van der Waals surface area contributed by atoms with Crippen LogP contribution in [-0.4, -0.2) is 34.7 Å². The lowest BCUT2D eigenvalue weighted by Crippen LogP contribution is -2.24. The maximum absolute atomic E-state index is 12.2. The van der Waals surface area contributed by atoms with Gasteiger partial charge >= 0.3 is 0 Å². The van der Waals surface area contributed by atoms with Crippen LogP contribution < -0.4 is 10.1 Å². The fourth-order valence-electron chi connectivity index (χ4n) is 2.72. The Bertz CT molecular complexity index is 932. The van der Waals surface area contributed by atoms with E-state index in [0.717, 1.165) is 28.3 Å². The summed E-state index contributed by atoms with van der Waals surface area (Å²) in [6.07, 6.45) is 2.15. The van der Waals surface area contributed by atoms with Crippen molar-refractivity contribution in [3.63, 3.8) is 0 Å². The Labute approximate surface area is 158 Å². The van der Waals surface area contributed by atoms with E-state index in [9.17, 15) is 4.79 Å². The van der Waals surface area contributed by atoms with Gasteiger partial charge in [-0.1, -0.05) is 48.5 Å². The molecule has 3 rings (SSSR count). The molecule has 0 saturated carbocycles. The molecule has 0 aliphatic heterocycles. The third-order valence-electron chi connectivity index (χ3n) is 4.10. The number of rotatable bonds is 7. The smallest absolute Gasteiger partial charge is 0.244 e. The highest BCUT2D eigenvalue weighted by atomic mass is 16.5. The maximum Gasteiger partial charge on any atom is 0.244 e. The molecule has 2 aromatic carbocycles. The Hall–Kier alpha value is -3.41. The molecule has 0 saturated heterocycles. The third-order valence-corrected chi connectivity index (χ3v) is 4.10. The van der Waals surface area contributed by atoms with Crippen LogP contribution in [0.2, 0.25) is 0 Å². The topological polar surface area (TPSA) is 79.9 Å². The molecule has 2 N–H and O–H groups in total. The molecule has 0 bridgehead atoms. The first-order valence-electron chi connectivity index (χ1n) is 8.73. The van der Waals surface area contributed by atoms with Crippen molar-refractivity contribution in [3.8, 4) is 17.1 Å². The van der Waals surface area contributed by atoms with E-state index in [1.165, 1.54) is 0 Å². The molecule has 0 aliphatic carbocycles. The minimum atomic E-state index is -0.152. The molecule has 6 heteroatoms. The first-order chi connectivity index (χ1) is 13.2. The van der Waals surface area contributed by atoms with Crippen molar-refractivity contribution in [2.24, 2.45) is 0 Å². The summed E-state index contributed by atoms with van der Waals surface area (Å²) in [5, 5.41) is 10.0. The summed E-state index contributed by atoms with van der Waals surface area (Å²) in [4.78, 5) is 16.6. The molecule has 1 heterocycles. The summed E-state index contributed by atoms with van der Waals surface area (Å²) < 4.78 is 5.33. The number of aromatic nitrogens is 3. The predicted molar refractivity (Wildman–Crippen MR) is 105 cm³/mol. The van der Waals surface area contributed by atoms with Crippen molar-refractivity contribution >= 4 is 11.5 Å². The normalized spacial score (nSPS) is 11.3. The summed E-state index contributed by atoms with van der Waals surface area (Å²) in [6.45, 7) is 2.36. The van der Waals surface area contributed by atoms with Gasteiger partial charge in [0.1, 0.15) is 11.6 Å². The molecule has 0 radical (unpaired) electrons. The zero-order valence-electron chi connectivity index (χ0n) is 15.4. The zero-order chi connectivity index (χ0) is 19.1. The van der Waals surface area contributed by atoms with Gasteiger partial charge in [0.15, 0.2) is 5.82 Å². The quantitative estimate of drug-likeness (QED) is 0.632. The van der Waals surface area contributed by atoms with Gasteiger partial charge in [-0.05, 0) is 18.6 Å². The molecule has 0 fully saturated rings. The highest BCUT2D eigenvalue weighted by Gasteiger charge is 2.07. The van der Waals surface area contributed by atoms with E-state index in [1.807, 2.05) is 61.5 Å². The average molecular weight is 362 g/mol. The Morgan fingerprint density at radius 3 is 2.67 bits per heavy atom. The van der Waals surface area contributed by atoms with Crippen LogP contribution in [0.1, 0.15) is 18.3 Å². The van der Waals surface area contributed by atoms with E-state index in [1.54, 1.807) is 13.2 Å². The summed E-state index contributed by atoms with van der Waals surface area (Å²) in [7, 11) is 1.62. The SMILES string of the molecule is COc1ccccc1/C(C)=C/C(=O)NCCc1nc(-c2ccccc2)n[nH]1. The number of nitrogens with zero attached hydrogens (tertiary/aromatic N) is 2. The standard InChI is InChI=1S/C21H22N4O2/c1-15(17-10-6-7-11-18(17)27-2)14-20(26)22-13-12-19-23-21(25-24-19)16-8-4-3-5-9-16/h3-11,14H,12-13H2,1-2H3,(H,22,26)(H,23,24,25)/b15-14+. The van der Waals surface area contributed by atoms with Crippen molar-refractivity contribution in [1.82, 2.24) is 20.5 Å². The van der Waals surface area contributed by atoms with Gasteiger partial charge in [0.2, 0.25) is 5.91 Å². The second-order valence-electron chi connectivity index (χ2n) is 6.04. The van der Waals surface area contributed by atoms with Gasteiger partial charge in [0.25, 0.3) is 0 Å². The molecule has 0 unspecified atom stereocenters. The van der Waals surface area contributed by atoms with E-state index in [4.69, 9.17) is 4.74 Å². The number of hydrogen-bond acceptors (Lipinski definition) is 4. The first kappa shape index (κ1) is 18.4. The van der Waals surface area contributed by atoms with Gasteiger partial charge in [-0.15, -0.1) is 0 Å². The largest absolute Gasteiger partial charge is 0.496 e. The van der Waals surface area contributed by atoms with Crippen molar-refractivity contribution < 1.29 is 9.53 Å². The van der Waals surface area contributed by atoms with Crippen LogP contribution in [0.25, 0.3) is 17.0 Å². The van der Waals surface area contributed by atoms with Crippen LogP contribution in [0.15, 0.2) is 60.7 Å². The van der Waals surface area contributed by atoms with Gasteiger partial charge in [0, 0.05) is 30.2 Å². The second kappa shape index (κ2) is 8.80. The van der Waals surface area contributed by atoms with Crippen molar-refractivity contribution in [2.75, 3.05) is 13.7 Å². The molecule has 1 aromatic heterocycles. The van der Waals surface area contributed by atoms with Gasteiger partial charge in [-0.25, -0.2) is 4.98 Å². The van der Waals surface area contributed by atoms with Crippen LogP contribution in [0, 0.1) is 0 Å². The van der Waals surface area contributed by atoms with E-state index >= 15 is 0 Å². The monoisotopic (exact) mass is 362 g/mol. The number of carbonyl (C=O) groups excluding carboxylic acids is 1. The van der Waals surface area contributed by atoms with Crippen LogP contribution in [0.3, 0.4) is 0 Å². The molecule has 0 aliphatic rings. The van der Waals surface area contributed by atoms with Gasteiger partial charge in [-0.3, -0.25) is 9.89 Å². The Morgan fingerprint density at radius 2 is 1.89 bits per heavy atom. The number of ether oxygens (including phenoxy) is 1. The van der Waals surface area contributed by atoms with Crippen molar-refractivity contribution in [2.45, 2.75) is 13.3 Å². The summed E-state index contributed by atoms with van der Waals surface area (Å²) >= 11 is 0. The van der Waals surface area contributed by atoms with Crippen molar-refractivity contribution in [1.29, 1.82) is 0 Å². The lowest BCUT2D eigenvalue weighted by atomic mass is 10.1. The number of carbonyl (C=O) groups is 1. The molecule has 1 amide bonds. The Kier molecular flexibility index (Phi) is 5.99. The Balaban J connectivity index is 1.55. The summed E-state index contributed by atoms with van der Waals surface area (Å²) in [5.41, 5.74) is 2.70. The van der Waals surface area contributed by atoms with Gasteiger partial charge in [0.05, 0.1) is 7.11 Å². The van der Waals surface area contributed by atoms with E-state index in [-0.39, 0.29) is 5.91 Å². The van der Waals surface area contributed by atoms with E-state index in [2.05, 4.69) is 20.5 Å². The highest BCUT2D eigenvalue weighted by Crippen LogP contribution is 2.24. The first-order valence-corrected chi connectivity index (χ1v) is 8.73. The number of allylic oxidation sites excluding steroid dienone is 1. The van der Waals surface area contributed by atoms with Gasteiger partial charge < -0.3 is 10.1 Å². The van der Waals surface area contributed by atoms with Crippen LogP contribution in [-0.2, 0) is 11.2 Å². The van der Waals surface area contributed by atoms with E-state index in [0.29, 0.717) is 18.8 Å². The number of hydrogen-bond donors (Lipinski definition) is 2. The number of para-hydroxylation sites is 1. The van der Waals surface area contributed by atoms with E-state index < -0.39 is 0 Å². The summed E-state index contributed by atoms with van der Waals surface area (Å²) in [6, 6.07) is 17.4. The zero-order valence-corrected chi connectivity index (χ0v) is 15.4. The third kappa shape index (κ3) is 4.82. The highest BCUT2D eigenvalue weighted by molar-refractivity contribution is 5.95. The maximum atomic E-state index is 12.2. The molecule has 138 valence electrons. The minimum absolute atomic E-state index is 0.152.